The molecule has 116 valence electrons. The topological polar surface area (TPSA) is 49.4 Å². The molecule has 0 bridgehead atoms. The molecule has 2 atom stereocenters. The second-order valence-corrected chi connectivity index (χ2v) is 6.80. The molecule has 0 radical (unpaired) electrons. The van der Waals surface area contributed by atoms with Gasteiger partial charge in [0.05, 0.1) is 11.4 Å². The minimum atomic E-state index is -0.962. The third-order valence-corrected chi connectivity index (χ3v) is 4.64. The lowest BCUT2D eigenvalue weighted by molar-refractivity contribution is 0.248. The van der Waals surface area contributed by atoms with E-state index >= 15 is 0 Å². The summed E-state index contributed by atoms with van der Waals surface area (Å²) < 4.78 is 11.4. The largest absolute Gasteiger partial charge is 0.336 e. The van der Waals surface area contributed by atoms with Crippen LogP contribution in [-0.2, 0) is 10.8 Å². The van der Waals surface area contributed by atoms with E-state index in [1.165, 1.54) is 0 Å². The summed E-state index contributed by atoms with van der Waals surface area (Å²) in [5.41, 5.74) is 1.58. The van der Waals surface area contributed by atoms with Crippen LogP contribution in [0.3, 0.4) is 0 Å². The van der Waals surface area contributed by atoms with E-state index < -0.39 is 10.8 Å². The highest BCUT2D eigenvalue weighted by Crippen LogP contribution is 2.24. The highest BCUT2D eigenvalue weighted by atomic mass is 32.2. The summed E-state index contributed by atoms with van der Waals surface area (Å²) in [6.45, 7) is 2.23. The molecule has 5 heteroatoms. The summed E-state index contributed by atoms with van der Waals surface area (Å²) in [6.07, 6.45) is 1.64. The van der Waals surface area contributed by atoms with Gasteiger partial charge in [-0.2, -0.15) is 0 Å². The van der Waals surface area contributed by atoms with Crippen molar-refractivity contribution in [3.05, 3.63) is 60.7 Å². The Bertz CT molecular complexity index is 592. The molecule has 4 nitrogen and oxygen atoms in total. The van der Waals surface area contributed by atoms with Crippen LogP contribution < -0.4 is 10.2 Å². The van der Waals surface area contributed by atoms with Crippen LogP contribution >= 0.6 is 0 Å². The zero-order chi connectivity index (χ0) is 15.9. The lowest BCUT2D eigenvalue weighted by Crippen LogP contribution is -2.40. The van der Waals surface area contributed by atoms with Gasteiger partial charge in [-0.1, -0.05) is 36.4 Å². The van der Waals surface area contributed by atoms with Gasteiger partial charge in [-0.25, -0.2) is 4.79 Å². The fourth-order valence-electron chi connectivity index (χ4n) is 1.97. The molecule has 2 amide bonds. The van der Waals surface area contributed by atoms with Gasteiger partial charge in [0.25, 0.3) is 0 Å². The van der Waals surface area contributed by atoms with Gasteiger partial charge in [0, 0.05) is 28.9 Å². The second-order valence-electron chi connectivity index (χ2n) is 5.00. The van der Waals surface area contributed by atoms with Gasteiger partial charge in [-0.3, -0.25) is 9.11 Å². The van der Waals surface area contributed by atoms with E-state index in [1.54, 1.807) is 11.2 Å². The summed E-state index contributed by atoms with van der Waals surface area (Å²) in [5.74, 6) is 0. The van der Waals surface area contributed by atoms with Gasteiger partial charge in [-0.15, -0.1) is 0 Å². The molecule has 0 fully saturated rings. The Kier molecular flexibility index (Phi) is 5.72. The standard InChI is InChI=1S/C17H20N2O2S/c1-14(22(2)21)13-18-17(20)19(15-9-5-3-6-10-15)16-11-7-4-8-12-16/h3-12,14H,13H2,1-2H3,(H,18,20)/t14-,22-/m1/s1. The summed E-state index contributed by atoms with van der Waals surface area (Å²) in [5, 5.41) is 2.77. The van der Waals surface area contributed by atoms with Gasteiger partial charge >= 0.3 is 6.03 Å². The first-order valence-electron chi connectivity index (χ1n) is 7.10. The number of hydrogen-bond acceptors (Lipinski definition) is 2. The van der Waals surface area contributed by atoms with Crippen molar-refractivity contribution >= 4 is 28.2 Å². The van der Waals surface area contributed by atoms with Crippen LogP contribution in [-0.4, -0.2) is 28.3 Å². The Morgan fingerprint density at radius 3 is 1.91 bits per heavy atom. The van der Waals surface area contributed by atoms with Crippen molar-refractivity contribution in [3.63, 3.8) is 0 Å². The van der Waals surface area contributed by atoms with Crippen LogP contribution in [0.2, 0.25) is 0 Å². The molecule has 0 saturated heterocycles. The smallest absolute Gasteiger partial charge is 0.326 e. The van der Waals surface area contributed by atoms with Crippen molar-refractivity contribution in [2.24, 2.45) is 0 Å². The van der Waals surface area contributed by atoms with Crippen LogP contribution in [0.25, 0.3) is 0 Å². The number of anilines is 2. The molecule has 2 aromatic rings. The van der Waals surface area contributed by atoms with Gasteiger partial charge in [0.2, 0.25) is 0 Å². The van der Waals surface area contributed by atoms with Gasteiger partial charge in [0.15, 0.2) is 0 Å². The number of amides is 2. The molecule has 0 aliphatic rings. The van der Waals surface area contributed by atoms with E-state index in [2.05, 4.69) is 5.32 Å². The number of nitrogens with one attached hydrogen (secondary N) is 1. The summed E-state index contributed by atoms with van der Waals surface area (Å²) in [4.78, 5) is 14.2. The molecule has 0 heterocycles. The molecular formula is C17H20N2O2S. The lowest BCUT2D eigenvalue weighted by Gasteiger charge is -2.24. The minimum absolute atomic E-state index is 0.0858. The van der Waals surface area contributed by atoms with E-state index in [-0.39, 0.29) is 11.3 Å². The van der Waals surface area contributed by atoms with Crippen LogP contribution in [0.15, 0.2) is 60.7 Å². The molecule has 2 rings (SSSR count). The molecule has 22 heavy (non-hydrogen) atoms. The molecule has 0 aliphatic heterocycles. The van der Waals surface area contributed by atoms with Crippen molar-refractivity contribution in [1.82, 2.24) is 5.32 Å². The highest BCUT2D eigenvalue weighted by Gasteiger charge is 2.18. The molecule has 1 N–H and O–H groups in total. The fraction of sp³-hybridized carbons (Fsp3) is 0.235. The first-order valence-corrected chi connectivity index (χ1v) is 8.72. The van der Waals surface area contributed by atoms with Crippen molar-refractivity contribution in [3.8, 4) is 0 Å². The summed E-state index contributed by atoms with van der Waals surface area (Å²) in [6, 6.07) is 18.7. The van der Waals surface area contributed by atoms with Crippen molar-refractivity contribution < 1.29 is 9.00 Å². The van der Waals surface area contributed by atoms with Gasteiger partial charge in [0.1, 0.15) is 0 Å². The van der Waals surface area contributed by atoms with E-state index in [0.717, 1.165) is 11.4 Å². The number of nitrogens with zero attached hydrogens (tertiary/aromatic N) is 1. The van der Waals surface area contributed by atoms with Gasteiger partial charge in [-0.05, 0) is 31.2 Å². The maximum Gasteiger partial charge on any atom is 0.326 e. The highest BCUT2D eigenvalue weighted by molar-refractivity contribution is 7.84. The average molecular weight is 316 g/mol. The third kappa shape index (κ3) is 4.18. The predicted octanol–water partition coefficient (Wildman–Crippen LogP) is 3.30. The SMILES string of the molecule is C[C@H](CNC(=O)N(c1ccccc1)c1ccccc1)[S@@](C)=O. The zero-order valence-corrected chi connectivity index (χ0v) is 13.5. The normalized spacial score (nSPS) is 13.2. The van der Waals surface area contributed by atoms with E-state index in [9.17, 15) is 9.00 Å². The number of urea groups is 1. The Morgan fingerprint density at radius 1 is 1.05 bits per heavy atom. The van der Waals surface area contributed by atoms with Crippen molar-refractivity contribution in [1.29, 1.82) is 0 Å². The van der Waals surface area contributed by atoms with Crippen LogP contribution in [0.5, 0.6) is 0 Å². The molecule has 0 unspecified atom stereocenters. The molecule has 0 saturated carbocycles. The number of carbonyl (C=O) groups excluding carboxylic acids is 1. The van der Waals surface area contributed by atoms with Gasteiger partial charge < -0.3 is 5.32 Å². The molecule has 0 aliphatic carbocycles. The maximum absolute atomic E-state index is 12.6. The third-order valence-electron chi connectivity index (χ3n) is 3.34. The number of carbonyl (C=O) groups is 1. The number of hydrogen-bond donors (Lipinski definition) is 1. The van der Waals surface area contributed by atoms with Crippen LogP contribution in [0, 0.1) is 0 Å². The second kappa shape index (κ2) is 7.75. The summed E-state index contributed by atoms with van der Waals surface area (Å²) in [7, 11) is -0.962. The van der Waals surface area contributed by atoms with Crippen molar-refractivity contribution in [2.75, 3.05) is 17.7 Å². The number of para-hydroxylation sites is 2. The van der Waals surface area contributed by atoms with Crippen LogP contribution in [0.1, 0.15) is 6.92 Å². The van der Waals surface area contributed by atoms with Crippen molar-refractivity contribution in [2.45, 2.75) is 12.2 Å². The maximum atomic E-state index is 12.6. The Hall–Kier alpha value is -2.14. The monoisotopic (exact) mass is 316 g/mol. The number of benzene rings is 2. The molecule has 0 spiro atoms. The quantitative estimate of drug-likeness (QED) is 0.920. The Balaban J connectivity index is 2.22. The van der Waals surface area contributed by atoms with Crippen LogP contribution in [0.4, 0.5) is 16.2 Å². The Morgan fingerprint density at radius 2 is 1.50 bits per heavy atom. The zero-order valence-electron chi connectivity index (χ0n) is 12.7. The number of rotatable bonds is 5. The lowest BCUT2D eigenvalue weighted by atomic mass is 10.2. The summed E-state index contributed by atoms with van der Waals surface area (Å²) >= 11 is 0. The molecular weight excluding hydrogens is 296 g/mol. The van der Waals surface area contributed by atoms with E-state index in [1.807, 2.05) is 67.6 Å². The fourth-order valence-corrected chi connectivity index (χ4v) is 2.28. The first kappa shape index (κ1) is 16.2. The van der Waals surface area contributed by atoms with E-state index in [4.69, 9.17) is 0 Å². The molecule has 2 aromatic carbocycles. The average Bonchev–Trinajstić information content (AvgIpc) is 2.54. The minimum Gasteiger partial charge on any atom is -0.336 e. The molecule has 0 aromatic heterocycles. The van der Waals surface area contributed by atoms with E-state index in [0.29, 0.717) is 6.54 Å². The first-order chi connectivity index (χ1) is 10.6. The predicted molar refractivity (Wildman–Crippen MR) is 92.0 cm³/mol. The Labute approximate surface area is 133 Å².